The number of anilines is 15. The Morgan fingerprint density at radius 1 is 0.237 bits per heavy atom. The van der Waals surface area contributed by atoms with Crippen LogP contribution in [-0.2, 0) is 0 Å². The molecule has 0 amide bonds. The summed E-state index contributed by atoms with van der Waals surface area (Å²) in [6.07, 6.45) is 0. The number of benzene rings is 14. The third-order valence-electron chi connectivity index (χ3n) is 19.3. The molecule has 0 unspecified atom stereocenters. The summed E-state index contributed by atoms with van der Waals surface area (Å²) in [6, 6.07) is 124. The number of nitrogens with zero attached hydrogens (tertiary/aromatic N) is 6. The average Bonchev–Trinajstić information content (AvgIpc) is 0.905. The van der Waals surface area contributed by atoms with E-state index >= 15 is 0 Å². The maximum absolute atomic E-state index is 7.69. The summed E-state index contributed by atoms with van der Waals surface area (Å²) in [6.45, 7) is -0.455. The largest absolute Gasteiger partial charge is 0.458 e. The van der Waals surface area contributed by atoms with Gasteiger partial charge in [-0.1, -0.05) is 194 Å². The molecule has 14 aromatic carbocycles. The highest BCUT2D eigenvalue weighted by atomic mass is 16.5. The van der Waals surface area contributed by atoms with Gasteiger partial charge in [0.1, 0.15) is 11.5 Å². The van der Waals surface area contributed by atoms with Gasteiger partial charge < -0.3 is 33.8 Å². The van der Waals surface area contributed by atoms with Crippen molar-refractivity contribution in [2.75, 3.05) is 24.5 Å². The van der Waals surface area contributed by atoms with Gasteiger partial charge in [0.2, 0.25) is 0 Å². The number of hydrogen-bond acceptors (Lipinski definition) is 6. The number of fused-ring (bicyclic) bond motifs is 11. The molecular weight excluding hydrogens is 1130 g/mol. The molecule has 0 bridgehead atoms. The molecule has 5 heterocycles. The number of aromatic nitrogens is 1. The second-order valence-electron chi connectivity index (χ2n) is 24.4. The van der Waals surface area contributed by atoms with E-state index in [9.17, 15) is 0 Å². The molecule has 4 aliphatic heterocycles. The minimum absolute atomic E-state index is 0.188. The van der Waals surface area contributed by atoms with Crippen LogP contribution < -0.4 is 62.0 Å². The lowest BCUT2D eigenvalue weighted by Gasteiger charge is -2.46. The number of para-hydroxylation sites is 10. The minimum atomic E-state index is -0.267. The van der Waals surface area contributed by atoms with E-state index in [1.807, 2.05) is 0 Å². The number of hydrogen-bond donors (Lipinski definition) is 0. The summed E-state index contributed by atoms with van der Waals surface area (Å²) >= 11 is 0. The molecule has 93 heavy (non-hydrogen) atoms. The summed E-state index contributed by atoms with van der Waals surface area (Å²) in [5.41, 5.74) is 26.6. The quantitative estimate of drug-likeness (QED) is 0.127. The second kappa shape index (κ2) is 21.2. The third kappa shape index (κ3) is 8.26. The predicted octanol–water partition coefficient (Wildman–Crippen LogP) is 18.2. The zero-order valence-electron chi connectivity index (χ0n) is 50.6. The summed E-state index contributed by atoms with van der Waals surface area (Å²) in [4.78, 5) is 12.4. The average molecular weight is 1190 g/mol. The van der Waals surface area contributed by atoms with Crippen LogP contribution in [0.4, 0.5) is 85.3 Å². The van der Waals surface area contributed by atoms with Gasteiger partial charge in [-0.05, 0) is 166 Å². The van der Waals surface area contributed by atoms with E-state index in [-0.39, 0.29) is 13.4 Å². The van der Waals surface area contributed by atoms with E-state index in [2.05, 4.69) is 369 Å². The first-order chi connectivity index (χ1) is 46.2. The van der Waals surface area contributed by atoms with Crippen molar-refractivity contribution in [1.82, 2.24) is 4.57 Å². The molecule has 0 saturated carbocycles. The van der Waals surface area contributed by atoms with Gasteiger partial charge in [0.15, 0.2) is 0 Å². The molecule has 15 aromatic rings. The minimum Gasteiger partial charge on any atom is -0.458 e. The van der Waals surface area contributed by atoms with Gasteiger partial charge in [-0.15, -0.1) is 0 Å². The van der Waals surface area contributed by atoms with Crippen LogP contribution in [0, 0.1) is 0 Å². The van der Waals surface area contributed by atoms with Gasteiger partial charge in [0, 0.05) is 103 Å². The molecule has 0 atom stereocenters. The summed E-state index contributed by atoms with van der Waals surface area (Å²) in [5, 5.41) is 2.37. The SMILES string of the molecule is c1ccc(N(c2ccccc2)c2cc3c4c(c2)N(c2ccccc2)c2cc5c(cc2B4c2cc4c6ccccc6n(-c6ccccc6)c4cc2O3)B2c3ccccc3N(c3ccccc3)c3cc(N(c4ccccc4)c4ccccc4)cc(c32)N5c2ccccc2)cc1. The van der Waals surface area contributed by atoms with Crippen LogP contribution in [0.1, 0.15) is 0 Å². The fourth-order valence-corrected chi connectivity index (χ4v) is 15.5. The molecule has 434 valence electrons. The topological polar surface area (TPSA) is 30.4 Å². The van der Waals surface area contributed by atoms with Crippen molar-refractivity contribution in [2.45, 2.75) is 0 Å². The molecule has 0 radical (unpaired) electrons. The van der Waals surface area contributed by atoms with E-state index in [0.29, 0.717) is 0 Å². The van der Waals surface area contributed by atoms with Crippen LogP contribution in [0.2, 0.25) is 0 Å². The smallest absolute Gasteiger partial charge is 0.256 e. The monoisotopic (exact) mass is 1190 g/mol. The van der Waals surface area contributed by atoms with Crippen LogP contribution in [-0.4, -0.2) is 18.0 Å². The van der Waals surface area contributed by atoms with Gasteiger partial charge in [0.25, 0.3) is 13.4 Å². The lowest BCUT2D eigenvalue weighted by molar-refractivity contribution is 0.488. The van der Waals surface area contributed by atoms with Crippen molar-refractivity contribution in [3.63, 3.8) is 0 Å². The van der Waals surface area contributed by atoms with Crippen molar-refractivity contribution in [1.29, 1.82) is 0 Å². The fourth-order valence-electron chi connectivity index (χ4n) is 15.5. The normalized spacial score (nSPS) is 12.9. The van der Waals surface area contributed by atoms with E-state index in [4.69, 9.17) is 4.74 Å². The zero-order chi connectivity index (χ0) is 61.1. The molecule has 9 heteroatoms. The Balaban J connectivity index is 0.938. The van der Waals surface area contributed by atoms with Crippen LogP contribution in [0.25, 0.3) is 27.5 Å². The Morgan fingerprint density at radius 2 is 0.634 bits per heavy atom. The lowest BCUT2D eigenvalue weighted by atomic mass is 9.30. The Bertz CT molecular complexity index is 5310. The highest BCUT2D eigenvalue weighted by Gasteiger charge is 2.49. The van der Waals surface area contributed by atoms with E-state index in [1.165, 1.54) is 32.6 Å². The summed E-state index contributed by atoms with van der Waals surface area (Å²) < 4.78 is 10.1. The van der Waals surface area contributed by atoms with Gasteiger partial charge in [0.05, 0.1) is 22.4 Å². The Kier molecular flexibility index (Phi) is 12.0. The summed E-state index contributed by atoms with van der Waals surface area (Å²) in [5.74, 6) is 1.65. The fraction of sp³-hybridized carbons (Fsp3) is 0. The zero-order valence-corrected chi connectivity index (χ0v) is 50.6. The van der Waals surface area contributed by atoms with Crippen molar-refractivity contribution in [3.8, 4) is 17.2 Å². The molecule has 7 nitrogen and oxygen atoms in total. The highest BCUT2D eigenvalue weighted by molar-refractivity contribution is 7.02. The Morgan fingerprint density at radius 3 is 1.14 bits per heavy atom. The van der Waals surface area contributed by atoms with E-state index < -0.39 is 0 Å². The van der Waals surface area contributed by atoms with E-state index in [0.717, 1.165) is 124 Å². The predicted molar refractivity (Wildman–Crippen MR) is 390 cm³/mol. The Hall–Kier alpha value is -12.2. The van der Waals surface area contributed by atoms with Crippen LogP contribution in [0.15, 0.2) is 340 Å². The van der Waals surface area contributed by atoms with Gasteiger partial charge in [-0.2, -0.15) is 0 Å². The molecule has 0 spiro atoms. The molecular formula is C84H56B2N6O. The number of rotatable bonds is 10. The second-order valence-corrected chi connectivity index (χ2v) is 24.4. The first kappa shape index (κ1) is 52.7. The van der Waals surface area contributed by atoms with Crippen molar-refractivity contribution >= 4 is 153 Å². The van der Waals surface area contributed by atoms with Crippen molar-refractivity contribution < 1.29 is 4.74 Å². The molecule has 4 aliphatic rings. The first-order valence-electron chi connectivity index (χ1n) is 32.0. The standard InChI is InChI=1S/C84H56B2N6O/c1-9-29-57(30-10-1)87(58-31-11-2-12-32-58)65-49-78-83-79(50-65)91(63-41-21-7-22-42-63)76-55-77-71(54-70(76)85(83)69-46-26-28-48-74(69)90(78)62-39-19-6-20-40-62)86-72-53-68-67-45-25-27-47-73(67)89(61-37-17-5-18-38-61)75(68)56-81(72)93-82-52-66(51-80(84(82)86)92(77)64-43-23-8-24-44-64)88(59-33-13-3-14-34-59)60-35-15-4-16-36-60/h1-56H. The van der Waals surface area contributed by atoms with Crippen LogP contribution >= 0.6 is 0 Å². The third-order valence-corrected chi connectivity index (χ3v) is 19.3. The molecule has 1 aromatic heterocycles. The summed E-state index contributed by atoms with van der Waals surface area (Å²) in [7, 11) is 0. The lowest BCUT2D eigenvalue weighted by Crippen LogP contribution is -2.64. The number of ether oxygens (including phenoxy) is 1. The van der Waals surface area contributed by atoms with Crippen molar-refractivity contribution in [3.05, 3.63) is 340 Å². The highest BCUT2D eigenvalue weighted by Crippen LogP contribution is 2.52. The molecule has 0 N–H and O–H groups in total. The first-order valence-corrected chi connectivity index (χ1v) is 32.0. The van der Waals surface area contributed by atoms with Gasteiger partial charge >= 0.3 is 0 Å². The molecule has 0 aliphatic carbocycles. The van der Waals surface area contributed by atoms with Crippen LogP contribution in [0.3, 0.4) is 0 Å². The van der Waals surface area contributed by atoms with Crippen molar-refractivity contribution in [2.24, 2.45) is 0 Å². The molecule has 0 saturated heterocycles. The maximum Gasteiger partial charge on any atom is 0.256 e. The maximum atomic E-state index is 7.69. The van der Waals surface area contributed by atoms with Gasteiger partial charge in [-0.3, -0.25) is 0 Å². The molecule has 0 fully saturated rings. The van der Waals surface area contributed by atoms with Gasteiger partial charge in [-0.25, -0.2) is 0 Å². The molecule has 19 rings (SSSR count). The van der Waals surface area contributed by atoms with E-state index in [1.54, 1.807) is 0 Å². The Labute approximate surface area is 540 Å². The van der Waals surface area contributed by atoms with Crippen LogP contribution in [0.5, 0.6) is 11.5 Å².